The Balaban J connectivity index is 2.83. The molecule has 3 N–H and O–H groups in total. The molecule has 0 saturated heterocycles. The Labute approximate surface area is 99.9 Å². The molecule has 1 aromatic rings. The highest BCUT2D eigenvalue weighted by Crippen LogP contribution is 2.26. The number of hydrogen-bond donors (Lipinski definition) is 2. The summed E-state index contributed by atoms with van der Waals surface area (Å²) in [5.41, 5.74) is 6.21. The smallest absolute Gasteiger partial charge is 0.170 e. The van der Waals surface area contributed by atoms with Crippen molar-refractivity contribution < 1.29 is 5.21 Å². The third-order valence-electron chi connectivity index (χ3n) is 2.38. The lowest BCUT2D eigenvalue weighted by molar-refractivity contribution is 0.318. The molecule has 1 aromatic heterocycles. The van der Waals surface area contributed by atoms with Crippen LogP contribution in [0.25, 0.3) is 0 Å². The lowest BCUT2D eigenvalue weighted by Crippen LogP contribution is -2.13. The SMILES string of the molecule is CC(C)C(C)Sc1cc(/C(N)=N/O)ccn1. The molecule has 0 aliphatic rings. The van der Waals surface area contributed by atoms with Crippen molar-refractivity contribution in [3.05, 3.63) is 23.9 Å². The van der Waals surface area contributed by atoms with E-state index in [1.54, 1.807) is 24.0 Å². The van der Waals surface area contributed by atoms with Gasteiger partial charge in [-0.15, -0.1) is 11.8 Å². The molecule has 0 aliphatic carbocycles. The van der Waals surface area contributed by atoms with E-state index in [4.69, 9.17) is 10.9 Å². The molecule has 0 aliphatic heterocycles. The number of aromatic nitrogens is 1. The van der Waals surface area contributed by atoms with E-state index in [1.165, 1.54) is 0 Å². The van der Waals surface area contributed by atoms with Crippen LogP contribution in [0, 0.1) is 5.92 Å². The zero-order valence-electron chi connectivity index (χ0n) is 9.71. The van der Waals surface area contributed by atoms with E-state index < -0.39 is 0 Å². The van der Waals surface area contributed by atoms with Gasteiger partial charge in [-0.25, -0.2) is 4.98 Å². The first kappa shape index (κ1) is 12.8. The van der Waals surface area contributed by atoms with Crippen LogP contribution < -0.4 is 5.73 Å². The first-order chi connectivity index (χ1) is 7.54. The lowest BCUT2D eigenvalue weighted by Gasteiger charge is -2.14. The summed E-state index contributed by atoms with van der Waals surface area (Å²) in [6.45, 7) is 6.50. The van der Waals surface area contributed by atoms with E-state index in [0.29, 0.717) is 16.7 Å². The zero-order chi connectivity index (χ0) is 12.1. The number of nitrogens with two attached hydrogens (primary N) is 1. The molecule has 4 nitrogen and oxygen atoms in total. The Morgan fingerprint density at radius 2 is 2.19 bits per heavy atom. The molecule has 0 amide bonds. The maximum Gasteiger partial charge on any atom is 0.170 e. The minimum Gasteiger partial charge on any atom is -0.409 e. The van der Waals surface area contributed by atoms with Gasteiger partial charge in [0.1, 0.15) is 0 Å². The predicted octanol–water partition coefficient (Wildman–Crippen LogP) is 2.31. The van der Waals surface area contributed by atoms with Gasteiger partial charge in [-0.1, -0.05) is 25.9 Å². The molecule has 16 heavy (non-hydrogen) atoms. The molecule has 0 aromatic carbocycles. The van der Waals surface area contributed by atoms with E-state index >= 15 is 0 Å². The summed E-state index contributed by atoms with van der Waals surface area (Å²) in [4.78, 5) is 4.25. The van der Waals surface area contributed by atoms with Crippen LogP contribution >= 0.6 is 11.8 Å². The molecule has 1 rings (SSSR count). The number of oxime groups is 1. The number of amidine groups is 1. The van der Waals surface area contributed by atoms with Gasteiger partial charge < -0.3 is 10.9 Å². The van der Waals surface area contributed by atoms with Crippen molar-refractivity contribution in [3.63, 3.8) is 0 Å². The van der Waals surface area contributed by atoms with Gasteiger partial charge in [0.2, 0.25) is 0 Å². The minimum absolute atomic E-state index is 0.112. The summed E-state index contributed by atoms with van der Waals surface area (Å²) in [5.74, 6) is 0.695. The van der Waals surface area contributed by atoms with Gasteiger partial charge in [0, 0.05) is 17.0 Å². The largest absolute Gasteiger partial charge is 0.409 e. The maximum atomic E-state index is 8.58. The molecule has 5 heteroatoms. The van der Waals surface area contributed by atoms with E-state index in [2.05, 4.69) is 30.9 Å². The molecular weight excluding hydrogens is 222 g/mol. The van der Waals surface area contributed by atoms with Crippen LogP contribution in [-0.4, -0.2) is 21.3 Å². The fourth-order valence-corrected chi connectivity index (χ4v) is 1.99. The summed E-state index contributed by atoms with van der Waals surface area (Å²) >= 11 is 1.69. The van der Waals surface area contributed by atoms with E-state index in [9.17, 15) is 0 Å². The molecule has 0 spiro atoms. The van der Waals surface area contributed by atoms with Gasteiger partial charge in [0.05, 0.1) is 5.03 Å². The predicted molar refractivity (Wildman–Crippen MR) is 66.9 cm³/mol. The van der Waals surface area contributed by atoms with Crippen LogP contribution in [0.5, 0.6) is 0 Å². The summed E-state index contributed by atoms with van der Waals surface area (Å²) in [7, 11) is 0. The standard InChI is InChI=1S/C11H17N3OS/c1-7(2)8(3)16-10-6-9(4-5-13-10)11(12)14-15/h4-8,15H,1-3H3,(H2,12,14). The Morgan fingerprint density at radius 1 is 1.50 bits per heavy atom. The first-order valence-corrected chi connectivity index (χ1v) is 6.03. The Kier molecular flexibility index (Phi) is 4.61. The second kappa shape index (κ2) is 5.75. The van der Waals surface area contributed by atoms with E-state index in [-0.39, 0.29) is 5.84 Å². The first-order valence-electron chi connectivity index (χ1n) is 5.15. The second-order valence-electron chi connectivity index (χ2n) is 3.93. The Hall–Kier alpha value is -1.23. The third kappa shape index (κ3) is 3.41. The topological polar surface area (TPSA) is 71.5 Å². The van der Waals surface area contributed by atoms with Crippen molar-refractivity contribution in [2.45, 2.75) is 31.0 Å². The second-order valence-corrected chi connectivity index (χ2v) is 5.33. The average molecular weight is 239 g/mol. The highest BCUT2D eigenvalue weighted by Gasteiger charge is 2.10. The van der Waals surface area contributed by atoms with Gasteiger partial charge in [-0.05, 0) is 18.1 Å². The monoisotopic (exact) mass is 239 g/mol. The van der Waals surface area contributed by atoms with Crippen molar-refractivity contribution >= 4 is 17.6 Å². The fraction of sp³-hybridized carbons (Fsp3) is 0.455. The number of hydrogen-bond acceptors (Lipinski definition) is 4. The molecule has 0 radical (unpaired) electrons. The molecule has 0 bridgehead atoms. The number of pyridine rings is 1. The molecule has 1 unspecified atom stereocenters. The molecule has 0 saturated carbocycles. The van der Waals surface area contributed by atoms with Crippen molar-refractivity contribution in [1.82, 2.24) is 4.98 Å². The normalized spacial score (nSPS) is 14.1. The quantitative estimate of drug-likeness (QED) is 0.278. The van der Waals surface area contributed by atoms with Crippen LogP contribution in [0.2, 0.25) is 0 Å². The Bertz CT molecular complexity index is 379. The number of rotatable bonds is 4. The van der Waals surface area contributed by atoms with E-state index in [0.717, 1.165) is 5.03 Å². The highest BCUT2D eigenvalue weighted by atomic mass is 32.2. The van der Waals surface area contributed by atoms with Crippen LogP contribution in [0.3, 0.4) is 0 Å². The summed E-state index contributed by atoms with van der Waals surface area (Å²) in [6, 6.07) is 3.55. The van der Waals surface area contributed by atoms with Gasteiger partial charge in [-0.2, -0.15) is 0 Å². The van der Waals surface area contributed by atoms with Crippen LogP contribution in [0.15, 0.2) is 28.5 Å². The molecule has 88 valence electrons. The molecule has 1 atom stereocenters. The summed E-state index contributed by atoms with van der Waals surface area (Å²) in [5, 5.41) is 12.9. The molecule has 0 fully saturated rings. The average Bonchev–Trinajstić information content (AvgIpc) is 2.28. The van der Waals surface area contributed by atoms with Crippen molar-refractivity contribution in [1.29, 1.82) is 0 Å². The van der Waals surface area contributed by atoms with E-state index in [1.807, 2.05) is 6.07 Å². The lowest BCUT2D eigenvalue weighted by atomic mass is 10.2. The Morgan fingerprint density at radius 3 is 2.75 bits per heavy atom. The van der Waals surface area contributed by atoms with Crippen molar-refractivity contribution in [2.75, 3.05) is 0 Å². The van der Waals surface area contributed by atoms with Crippen LogP contribution in [-0.2, 0) is 0 Å². The third-order valence-corrected chi connectivity index (χ3v) is 3.76. The van der Waals surface area contributed by atoms with Crippen molar-refractivity contribution in [2.24, 2.45) is 16.8 Å². The van der Waals surface area contributed by atoms with Gasteiger partial charge in [0.25, 0.3) is 0 Å². The molecule has 1 heterocycles. The fourth-order valence-electron chi connectivity index (χ4n) is 1.02. The number of nitrogens with zero attached hydrogens (tertiary/aromatic N) is 2. The highest BCUT2D eigenvalue weighted by molar-refractivity contribution is 7.99. The molecular formula is C11H17N3OS. The van der Waals surface area contributed by atoms with Gasteiger partial charge in [0.15, 0.2) is 5.84 Å². The number of thioether (sulfide) groups is 1. The van der Waals surface area contributed by atoms with Crippen molar-refractivity contribution in [3.8, 4) is 0 Å². The van der Waals surface area contributed by atoms with Gasteiger partial charge in [-0.3, -0.25) is 0 Å². The van der Waals surface area contributed by atoms with Crippen LogP contribution in [0.4, 0.5) is 0 Å². The maximum absolute atomic E-state index is 8.58. The van der Waals surface area contributed by atoms with Gasteiger partial charge >= 0.3 is 0 Å². The van der Waals surface area contributed by atoms with Crippen LogP contribution in [0.1, 0.15) is 26.3 Å². The summed E-state index contributed by atoms with van der Waals surface area (Å²) < 4.78 is 0. The summed E-state index contributed by atoms with van der Waals surface area (Å²) in [6.07, 6.45) is 1.67. The zero-order valence-corrected chi connectivity index (χ0v) is 10.5. The minimum atomic E-state index is 0.112.